The van der Waals surface area contributed by atoms with Crippen molar-refractivity contribution in [2.45, 2.75) is 26.4 Å². The van der Waals surface area contributed by atoms with Gasteiger partial charge in [-0.1, -0.05) is 0 Å². The number of carbonyl (C=O) groups excluding carboxylic acids is 1. The Kier molecular flexibility index (Phi) is 4.59. The normalized spacial score (nSPS) is 11.2. The van der Waals surface area contributed by atoms with E-state index in [1.54, 1.807) is 38.6 Å². The Morgan fingerprint density at radius 3 is 2.50 bits per heavy atom. The van der Waals surface area contributed by atoms with Gasteiger partial charge in [-0.15, -0.1) is 0 Å². The fourth-order valence-electron chi connectivity index (χ4n) is 2.11. The van der Waals surface area contributed by atoms with Crippen molar-refractivity contribution in [2.75, 3.05) is 5.32 Å². The van der Waals surface area contributed by atoms with Crippen LogP contribution in [0.4, 0.5) is 14.9 Å². The van der Waals surface area contributed by atoms with Gasteiger partial charge in [-0.3, -0.25) is 5.32 Å². The average Bonchev–Trinajstić information content (AvgIpc) is 2.81. The maximum atomic E-state index is 14.3. The molecule has 2 N–H and O–H groups in total. The fourth-order valence-corrected chi connectivity index (χ4v) is 2.11. The zero-order valence-electron chi connectivity index (χ0n) is 13.8. The number of rotatable bonds is 3. The number of aromatic carboxylic acids is 1. The zero-order valence-corrected chi connectivity index (χ0v) is 13.8. The number of aryl methyl sites for hydroxylation is 1. The first-order valence-electron chi connectivity index (χ1n) is 7.13. The second kappa shape index (κ2) is 6.31. The molecule has 0 aliphatic carbocycles. The number of hydrogen-bond donors (Lipinski definition) is 2. The van der Waals surface area contributed by atoms with E-state index in [1.165, 1.54) is 12.3 Å². The Morgan fingerprint density at radius 2 is 2.00 bits per heavy atom. The lowest BCUT2D eigenvalue weighted by molar-refractivity contribution is 0.0636. The predicted molar refractivity (Wildman–Crippen MR) is 85.4 cm³/mol. The number of amides is 1. The van der Waals surface area contributed by atoms with Crippen LogP contribution in [0.25, 0.3) is 11.4 Å². The topological polar surface area (TPSA) is 93.5 Å². The molecule has 8 heteroatoms. The molecule has 128 valence electrons. The van der Waals surface area contributed by atoms with Crippen LogP contribution in [-0.4, -0.2) is 32.3 Å². The lowest BCUT2D eigenvalue weighted by Crippen LogP contribution is -2.28. The molecule has 0 atom stereocenters. The largest absolute Gasteiger partial charge is 0.478 e. The van der Waals surface area contributed by atoms with Crippen molar-refractivity contribution in [3.63, 3.8) is 0 Å². The van der Waals surface area contributed by atoms with Gasteiger partial charge in [0.25, 0.3) is 0 Å². The summed E-state index contributed by atoms with van der Waals surface area (Å²) in [5.74, 6) is -2.04. The zero-order chi connectivity index (χ0) is 18.1. The third-order valence-electron chi connectivity index (χ3n) is 3.02. The van der Waals surface area contributed by atoms with Gasteiger partial charge in [0.05, 0.1) is 5.69 Å². The van der Waals surface area contributed by atoms with Crippen LogP contribution in [0.2, 0.25) is 0 Å². The molecule has 0 unspecified atom stereocenters. The number of hydrogen-bond acceptors (Lipinski definition) is 4. The highest BCUT2D eigenvalue weighted by Crippen LogP contribution is 2.28. The van der Waals surface area contributed by atoms with Crippen molar-refractivity contribution in [3.05, 3.63) is 35.9 Å². The average molecular weight is 335 g/mol. The van der Waals surface area contributed by atoms with E-state index < -0.39 is 29.0 Å². The number of carbonyl (C=O) groups is 2. The number of ether oxygens (including phenoxy) is 1. The molecule has 7 nitrogen and oxygen atoms in total. The molecule has 0 spiro atoms. The molecule has 0 saturated carbocycles. The molecule has 1 heterocycles. The molecule has 24 heavy (non-hydrogen) atoms. The van der Waals surface area contributed by atoms with Crippen LogP contribution in [0, 0.1) is 5.82 Å². The molecule has 1 amide bonds. The quantitative estimate of drug-likeness (QED) is 0.898. The Hall–Kier alpha value is -2.90. The van der Waals surface area contributed by atoms with Gasteiger partial charge in [0.15, 0.2) is 0 Å². The summed E-state index contributed by atoms with van der Waals surface area (Å²) in [5, 5.41) is 11.5. The van der Waals surface area contributed by atoms with E-state index in [4.69, 9.17) is 4.74 Å². The van der Waals surface area contributed by atoms with E-state index in [0.29, 0.717) is 11.4 Å². The molecule has 0 bridgehead atoms. The van der Waals surface area contributed by atoms with Crippen molar-refractivity contribution in [2.24, 2.45) is 7.05 Å². The fraction of sp³-hybridized carbons (Fsp3) is 0.312. The van der Waals surface area contributed by atoms with Crippen LogP contribution < -0.4 is 5.32 Å². The summed E-state index contributed by atoms with van der Waals surface area (Å²) >= 11 is 0. The van der Waals surface area contributed by atoms with Crippen molar-refractivity contribution in [1.82, 2.24) is 9.55 Å². The number of benzene rings is 1. The number of imidazole rings is 1. The summed E-state index contributed by atoms with van der Waals surface area (Å²) in [4.78, 5) is 27.3. The van der Waals surface area contributed by atoms with Crippen LogP contribution in [0.3, 0.4) is 0 Å². The predicted octanol–water partition coefficient (Wildman–Crippen LogP) is 3.27. The van der Waals surface area contributed by atoms with Gasteiger partial charge in [0.2, 0.25) is 0 Å². The third-order valence-corrected chi connectivity index (χ3v) is 3.02. The Bertz CT molecular complexity index is 793. The molecule has 0 aliphatic heterocycles. The minimum absolute atomic E-state index is 0.199. The van der Waals surface area contributed by atoms with E-state index in [0.717, 1.165) is 6.07 Å². The molecular weight excluding hydrogens is 317 g/mol. The van der Waals surface area contributed by atoms with Gasteiger partial charge in [-0.05, 0) is 32.9 Å². The molecule has 1 aromatic heterocycles. The lowest BCUT2D eigenvalue weighted by Gasteiger charge is -2.20. The van der Waals surface area contributed by atoms with Gasteiger partial charge < -0.3 is 14.4 Å². The van der Waals surface area contributed by atoms with Crippen molar-refractivity contribution in [1.29, 1.82) is 0 Å². The summed E-state index contributed by atoms with van der Waals surface area (Å²) < 4.78 is 21.0. The van der Waals surface area contributed by atoms with Gasteiger partial charge in [-0.2, -0.15) is 0 Å². The first kappa shape index (κ1) is 17.5. The van der Waals surface area contributed by atoms with Gasteiger partial charge >= 0.3 is 12.1 Å². The van der Waals surface area contributed by atoms with E-state index in [-0.39, 0.29) is 5.69 Å². The Labute approximate surface area is 138 Å². The highest BCUT2D eigenvalue weighted by atomic mass is 19.1. The first-order valence-corrected chi connectivity index (χ1v) is 7.13. The third kappa shape index (κ3) is 3.89. The lowest BCUT2D eigenvalue weighted by atomic mass is 10.1. The molecule has 0 aliphatic rings. The summed E-state index contributed by atoms with van der Waals surface area (Å²) in [7, 11) is 1.71. The maximum Gasteiger partial charge on any atom is 0.412 e. The molecule has 0 saturated heterocycles. The SMILES string of the molecule is Cn1ccnc1-c1cc(F)c(C(=O)O)c(NC(=O)OC(C)(C)C)c1. The minimum Gasteiger partial charge on any atom is -0.478 e. The Morgan fingerprint density at radius 1 is 1.33 bits per heavy atom. The highest BCUT2D eigenvalue weighted by Gasteiger charge is 2.23. The smallest absolute Gasteiger partial charge is 0.412 e. The molecule has 0 fully saturated rings. The number of carboxylic acid groups (broad SMARTS) is 1. The number of aromatic nitrogens is 2. The summed E-state index contributed by atoms with van der Waals surface area (Å²) in [5.41, 5.74) is -1.28. The van der Waals surface area contributed by atoms with Crippen LogP contribution in [0.1, 0.15) is 31.1 Å². The number of halogens is 1. The van der Waals surface area contributed by atoms with Gasteiger partial charge in [0.1, 0.15) is 22.8 Å². The number of nitrogens with one attached hydrogen (secondary N) is 1. The van der Waals surface area contributed by atoms with Gasteiger partial charge in [-0.25, -0.2) is 19.0 Å². The highest BCUT2D eigenvalue weighted by molar-refractivity contribution is 6.00. The number of nitrogens with zero attached hydrogens (tertiary/aromatic N) is 2. The van der Waals surface area contributed by atoms with Crippen LogP contribution in [0.15, 0.2) is 24.5 Å². The summed E-state index contributed by atoms with van der Waals surface area (Å²) in [6, 6.07) is 2.41. The second-order valence-electron chi connectivity index (χ2n) is 6.17. The standard InChI is InChI=1S/C16H18FN3O4/c1-16(2,3)24-15(23)19-11-8-9(13-18-5-6-20(13)4)7-10(17)12(11)14(21)22/h5-8H,1-4H3,(H,19,23)(H,21,22). The van der Waals surface area contributed by atoms with E-state index in [2.05, 4.69) is 10.3 Å². The monoisotopic (exact) mass is 335 g/mol. The molecular formula is C16H18FN3O4. The molecule has 1 aromatic carbocycles. The summed E-state index contributed by atoms with van der Waals surface area (Å²) in [6.07, 6.45) is 2.32. The van der Waals surface area contributed by atoms with Crippen molar-refractivity contribution < 1.29 is 23.8 Å². The van der Waals surface area contributed by atoms with Crippen molar-refractivity contribution in [3.8, 4) is 11.4 Å². The van der Waals surface area contributed by atoms with Gasteiger partial charge in [0, 0.05) is 25.0 Å². The van der Waals surface area contributed by atoms with E-state index in [1.807, 2.05) is 0 Å². The second-order valence-corrected chi connectivity index (χ2v) is 6.17. The minimum atomic E-state index is -1.50. The van der Waals surface area contributed by atoms with Crippen LogP contribution in [-0.2, 0) is 11.8 Å². The maximum absolute atomic E-state index is 14.3. The molecule has 0 radical (unpaired) electrons. The summed E-state index contributed by atoms with van der Waals surface area (Å²) in [6.45, 7) is 4.99. The molecule has 2 rings (SSSR count). The van der Waals surface area contributed by atoms with Crippen LogP contribution in [0.5, 0.6) is 0 Å². The van der Waals surface area contributed by atoms with Crippen LogP contribution >= 0.6 is 0 Å². The Balaban J connectivity index is 2.47. The van der Waals surface area contributed by atoms with E-state index in [9.17, 15) is 19.1 Å². The first-order chi connectivity index (χ1) is 11.1. The number of carboxylic acids is 1. The van der Waals surface area contributed by atoms with E-state index >= 15 is 0 Å². The molecule has 2 aromatic rings. The number of anilines is 1. The van der Waals surface area contributed by atoms with Crippen molar-refractivity contribution >= 4 is 17.7 Å².